The van der Waals surface area contributed by atoms with Crippen molar-refractivity contribution >= 4 is 6.09 Å². The third-order valence-electron chi connectivity index (χ3n) is 1.99. The molecule has 5 nitrogen and oxygen atoms in total. The summed E-state index contributed by atoms with van der Waals surface area (Å²) in [6, 6.07) is 0. The summed E-state index contributed by atoms with van der Waals surface area (Å²) in [5, 5.41) is 0. The van der Waals surface area contributed by atoms with Gasteiger partial charge in [0.1, 0.15) is 5.60 Å². The molecule has 0 fully saturated rings. The predicted molar refractivity (Wildman–Crippen MR) is 59.8 cm³/mol. The SMILES string of the molecule is CN(C(=O)OC(C)(C)C)C1=CC(F)=C[N+](=O)C1. The average Bonchev–Trinajstić information content (AvgIpc) is 2.12. The van der Waals surface area contributed by atoms with Gasteiger partial charge in [0.05, 0.1) is 5.70 Å². The summed E-state index contributed by atoms with van der Waals surface area (Å²) >= 11 is 0. The number of hydrogen-bond acceptors (Lipinski definition) is 3. The molecule has 0 radical (unpaired) electrons. The van der Waals surface area contributed by atoms with E-state index < -0.39 is 17.5 Å². The van der Waals surface area contributed by atoms with Gasteiger partial charge in [0, 0.05) is 22.8 Å². The molecule has 1 heterocycles. The van der Waals surface area contributed by atoms with Crippen LogP contribution in [0.2, 0.25) is 0 Å². The third kappa shape index (κ3) is 3.97. The van der Waals surface area contributed by atoms with Gasteiger partial charge in [0.2, 0.25) is 6.54 Å². The van der Waals surface area contributed by atoms with Crippen LogP contribution in [0.15, 0.2) is 23.8 Å². The number of carbonyl (C=O) groups excluding carboxylic acids is 1. The van der Waals surface area contributed by atoms with E-state index in [4.69, 9.17) is 4.74 Å². The Balaban J connectivity index is 2.77. The van der Waals surface area contributed by atoms with Gasteiger partial charge in [-0.25, -0.2) is 9.18 Å². The molecule has 0 aromatic heterocycles. The molecular formula is C11H16FN2O3+. The number of carbonyl (C=O) groups is 1. The zero-order valence-electron chi connectivity index (χ0n) is 10.4. The first-order valence-electron chi connectivity index (χ1n) is 5.17. The van der Waals surface area contributed by atoms with Crippen LogP contribution < -0.4 is 0 Å². The van der Waals surface area contributed by atoms with E-state index in [1.807, 2.05) is 0 Å². The molecule has 0 saturated heterocycles. The molecule has 1 rings (SSSR count). The first-order valence-corrected chi connectivity index (χ1v) is 5.17. The summed E-state index contributed by atoms with van der Waals surface area (Å²) in [5.74, 6) is -0.684. The van der Waals surface area contributed by atoms with E-state index >= 15 is 0 Å². The maximum absolute atomic E-state index is 13.0. The van der Waals surface area contributed by atoms with Gasteiger partial charge >= 0.3 is 6.09 Å². The second-order valence-electron chi connectivity index (χ2n) is 4.76. The van der Waals surface area contributed by atoms with Crippen molar-refractivity contribution in [1.29, 1.82) is 0 Å². The minimum Gasteiger partial charge on any atom is -0.443 e. The number of nitroso groups, excluding NO2 is 1. The van der Waals surface area contributed by atoms with Gasteiger partial charge in [-0.1, -0.05) is 0 Å². The highest BCUT2D eigenvalue weighted by Gasteiger charge is 2.27. The molecule has 0 atom stereocenters. The fourth-order valence-electron chi connectivity index (χ4n) is 1.24. The van der Waals surface area contributed by atoms with E-state index in [0.717, 1.165) is 17.2 Å². The average molecular weight is 243 g/mol. The molecule has 17 heavy (non-hydrogen) atoms. The summed E-state index contributed by atoms with van der Waals surface area (Å²) in [7, 11) is 1.44. The normalized spacial score (nSPS) is 16.2. The van der Waals surface area contributed by atoms with E-state index in [2.05, 4.69) is 0 Å². The highest BCUT2D eigenvalue weighted by atomic mass is 19.1. The quantitative estimate of drug-likeness (QED) is 0.664. The standard InChI is InChI=1S/C11H16FN2O3/c1-11(2,3)17-10(15)13(4)9-5-8(12)6-14(16)7-9/h5-6H,7H2,1-4H3/q+1. The van der Waals surface area contributed by atoms with Crippen LogP contribution in [0.5, 0.6) is 0 Å². The summed E-state index contributed by atoms with van der Waals surface area (Å²) in [6.45, 7) is 5.11. The Bertz CT molecular complexity index is 407. The lowest BCUT2D eigenvalue weighted by atomic mass is 10.2. The van der Waals surface area contributed by atoms with Crippen LogP contribution in [-0.2, 0) is 4.74 Å². The number of hydrogen-bond donors (Lipinski definition) is 0. The molecule has 0 bridgehead atoms. The fraction of sp³-hybridized carbons (Fsp3) is 0.545. The minimum atomic E-state index is -0.684. The molecule has 1 aliphatic heterocycles. The number of allylic oxidation sites excluding steroid dienone is 2. The van der Waals surface area contributed by atoms with Crippen molar-refractivity contribution < 1.29 is 18.7 Å². The maximum Gasteiger partial charge on any atom is 0.414 e. The molecule has 0 saturated carbocycles. The molecule has 0 aromatic carbocycles. The molecule has 0 unspecified atom stereocenters. The number of halogens is 1. The summed E-state index contributed by atoms with van der Waals surface area (Å²) in [5.41, 5.74) is -0.374. The maximum atomic E-state index is 13.0. The Hall–Kier alpha value is -1.72. The molecule has 94 valence electrons. The lowest BCUT2D eigenvalue weighted by Gasteiger charge is -2.25. The summed E-state index contributed by atoms with van der Waals surface area (Å²) in [6.07, 6.45) is 1.34. The van der Waals surface area contributed by atoms with Gasteiger partial charge < -0.3 is 4.74 Å². The Labute approximate surface area is 99.1 Å². The third-order valence-corrected chi connectivity index (χ3v) is 1.99. The van der Waals surface area contributed by atoms with E-state index in [9.17, 15) is 14.1 Å². The molecule has 6 heteroatoms. The van der Waals surface area contributed by atoms with Gasteiger partial charge in [-0.05, 0) is 20.8 Å². The van der Waals surface area contributed by atoms with E-state index in [1.165, 1.54) is 7.05 Å². The van der Waals surface area contributed by atoms with Gasteiger partial charge in [0.25, 0.3) is 6.20 Å². The van der Waals surface area contributed by atoms with Gasteiger partial charge in [-0.2, -0.15) is 0 Å². The minimum absolute atomic E-state index is 0.0802. The van der Waals surface area contributed by atoms with Gasteiger partial charge in [0.15, 0.2) is 5.83 Å². The number of ether oxygens (including phenoxy) is 1. The number of amides is 1. The predicted octanol–water partition coefficient (Wildman–Crippen LogP) is 2.34. The summed E-state index contributed by atoms with van der Waals surface area (Å²) < 4.78 is 18.5. The Morgan fingerprint density at radius 3 is 2.59 bits per heavy atom. The second kappa shape index (κ2) is 4.65. The van der Waals surface area contributed by atoms with Gasteiger partial charge in [-0.3, -0.25) is 4.90 Å². The van der Waals surface area contributed by atoms with Crippen molar-refractivity contribution in [1.82, 2.24) is 4.90 Å². The first-order chi connectivity index (χ1) is 7.69. The van der Waals surface area contributed by atoms with Crippen LogP contribution in [0, 0.1) is 4.91 Å². The first kappa shape index (κ1) is 13.3. The van der Waals surface area contributed by atoms with Crippen molar-refractivity contribution in [2.24, 2.45) is 0 Å². The van der Waals surface area contributed by atoms with Gasteiger partial charge in [-0.15, -0.1) is 0 Å². The molecule has 0 spiro atoms. The zero-order valence-corrected chi connectivity index (χ0v) is 10.4. The van der Waals surface area contributed by atoms with E-state index in [1.54, 1.807) is 20.8 Å². The van der Waals surface area contributed by atoms with Crippen LogP contribution in [0.1, 0.15) is 20.8 Å². The van der Waals surface area contributed by atoms with Crippen LogP contribution in [0.25, 0.3) is 0 Å². The Morgan fingerprint density at radius 2 is 2.12 bits per heavy atom. The lowest BCUT2D eigenvalue weighted by Crippen LogP contribution is -2.36. The largest absolute Gasteiger partial charge is 0.443 e. The summed E-state index contributed by atoms with van der Waals surface area (Å²) in [4.78, 5) is 23.9. The topological polar surface area (TPSA) is 49.6 Å². The zero-order chi connectivity index (χ0) is 13.2. The molecule has 1 aliphatic rings. The van der Waals surface area contributed by atoms with Crippen LogP contribution in [0.4, 0.5) is 9.18 Å². The molecular weight excluding hydrogens is 227 g/mol. The van der Waals surface area contributed by atoms with Crippen LogP contribution >= 0.6 is 0 Å². The smallest absolute Gasteiger partial charge is 0.414 e. The molecule has 1 amide bonds. The molecule has 0 N–H and O–H groups in total. The second-order valence-corrected chi connectivity index (χ2v) is 4.76. The van der Waals surface area contributed by atoms with Crippen LogP contribution in [-0.4, -0.2) is 34.9 Å². The van der Waals surface area contributed by atoms with Crippen molar-refractivity contribution in [3.05, 3.63) is 28.7 Å². The lowest BCUT2D eigenvalue weighted by molar-refractivity contribution is -0.475. The fourth-order valence-corrected chi connectivity index (χ4v) is 1.24. The van der Waals surface area contributed by atoms with Crippen molar-refractivity contribution in [2.45, 2.75) is 26.4 Å². The van der Waals surface area contributed by atoms with Crippen molar-refractivity contribution in [3.8, 4) is 0 Å². The highest BCUT2D eigenvalue weighted by molar-refractivity contribution is 5.70. The highest BCUT2D eigenvalue weighted by Crippen LogP contribution is 2.17. The van der Waals surface area contributed by atoms with E-state index in [-0.39, 0.29) is 12.2 Å². The number of likely N-dealkylation sites (N-methyl/N-ethyl adjacent to an activating group) is 1. The van der Waals surface area contributed by atoms with Crippen LogP contribution in [0.3, 0.4) is 0 Å². The van der Waals surface area contributed by atoms with E-state index in [0.29, 0.717) is 4.76 Å². The van der Waals surface area contributed by atoms with Crippen molar-refractivity contribution in [2.75, 3.05) is 13.6 Å². The molecule has 0 aliphatic carbocycles. The Morgan fingerprint density at radius 1 is 1.53 bits per heavy atom. The number of rotatable bonds is 1. The van der Waals surface area contributed by atoms with Crippen molar-refractivity contribution in [3.63, 3.8) is 0 Å². The Kier molecular flexibility index (Phi) is 3.65. The number of nitrogens with zero attached hydrogens (tertiary/aromatic N) is 2. The molecule has 0 aromatic rings. The monoisotopic (exact) mass is 243 g/mol.